The highest BCUT2D eigenvalue weighted by Crippen LogP contribution is 2.24. The Morgan fingerprint density at radius 2 is 2.17 bits per heavy atom. The molecule has 0 aromatic heterocycles. The number of carboxylic acid groups (broad SMARTS) is 1. The predicted molar refractivity (Wildman–Crippen MR) is 89.2 cm³/mol. The topological polar surface area (TPSA) is 86.7 Å². The fraction of sp³-hybridized carbons (Fsp3) is 0.438. The Morgan fingerprint density at radius 1 is 1.42 bits per heavy atom. The summed E-state index contributed by atoms with van der Waals surface area (Å²) in [6.07, 6.45) is 0.687. The maximum Gasteiger partial charge on any atom is 0.307 e. The second-order valence-electron chi connectivity index (χ2n) is 5.50. The number of halogens is 1. The van der Waals surface area contributed by atoms with Crippen LogP contribution in [0.15, 0.2) is 18.2 Å². The molecule has 0 bridgehead atoms. The number of amides is 2. The zero-order valence-electron chi connectivity index (χ0n) is 13.3. The molecular formula is C16H19FN2O4S. The van der Waals surface area contributed by atoms with Crippen LogP contribution in [0.3, 0.4) is 0 Å². The fourth-order valence-electron chi connectivity index (χ4n) is 2.42. The molecule has 0 saturated carbocycles. The minimum Gasteiger partial charge on any atom is -0.481 e. The molecule has 130 valence electrons. The Balaban J connectivity index is 2.05. The fourth-order valence-corrected chi connectivity index (χ4v) is 3.60. The van der Waals surface area contributed by atoms with Crippen LogP contribution in [0, 0.1) is 5.82 Å². The van der Waals surface area contributed by atoms with Crippen molar-refractivity contribution in [3.05, 3.63) is 29.6 Å². The van der Waals surface area contributed by atoms with Gasteiger partial charge in [-0.25, -0.2) is 4.39 Å². The molecule has 0 radical (unpaired) electrons. The number of nitrogens with zero attached hydrogens (tertiary/aromatic N) is 1. The van der Waals surface area contributed by atoms with Crippen molar-refractivity contribution in [1.29, 1.82) is 0 Å². The zero-order chi connectivity index (χ0) is 17.7. The van der Waals surface area contributed by atoms with E-state index in [1.54, 1.807) is 4.90 Å². The normalized spacial score (nSPS) is 16.9. The molecule has 2 N–H and O–H groups in total. The summed E-state index contributed by atoms with van der Waals surface area (Å²) in [6, 6.07) is 3.31. The van der Waals surface area contributed by atoms with E-state index in [1.165, 1.54) is 23.9 Å². The number of rotatable bonds is 6. The van der Waals surface area contributed by atoms with Crippen LogP contribution in [0.5, 0.6) is 0 Å². The highest BCUT2D eigenvalue weighted by Gasteiger charge is 2.34. The molecule has 2 amide bonds. The number of nitrogens with one attached hydrogen (secondary N) is 1. The summed E-state index contributed by atoms with van der Waals surface area (Å²) < 4.78 is 13.9. The standard InChI is InChI=1S/C16H19FN2O4S/c1-2-3-14(20)19-9-24-8-13(19)16(23)18-11-5-4-10(6-15(21)22)12(17)7-11/h4-5,7,13H,2-3,6,8-9H2,1H3,(H,18,23)(H,21,22). The van der Waals surface area contributed by atoms with Gasteiger partial charge in [0.05, 0.1) is 12.3 Å². The molecule has 8 heteroatoms. The largest absolute Gasteiger partial charge is 0.481 e. The first-order valence-corrected chi connectivity index (χ1v) is 8.76. The monoisotopic (exact) mass is 354 g/mol. The van der Waals surface area contributed by atoms with Gasteiger partial charge in [-0.05, 0) is 24.1 Å². The van der Waals surface area contributed by atoms with Gasteiger partial charge in [0, 0.05) is 17.9 Å². The van der Waals surface area contributed by atoms with Crippen LogP contribution in [0.4, 0.5) is 10.1 Å². The molecule has 1 fully saturated rings. The van der Waals surface area contributed by atoms with E-state index in [0.717, 1.165) is 6.07 Å². The van der Waals surface area contributed by atoms with E-state index in [2.05, 4.69) is 5.32 Å². The van der Waals surface area contributed by atoms with Gasteiger partial charge in [0.15, 0.2) is 0 Å². The number of carbonyl (C=O) groups is 3. The van der Waals surface area contributed by atoms with Crippen LogP contribution >= 0.6 is 11.8 Å². The molecule has 1 saturated heterocycles. The van der Waals surface area contributed by atoms with Crippen molar-refractivity contribution in [2.75, 3.05) is 16.9 Å². The molecule has 0 spiro atoms. The molecule has 1 atom stereocenters. The van der Waals surface area contributed by atoms with E-state index >= 15 is 0 Å². The van der Waals surface area contributed by atoms with Gasteiger partial charge in [-0.15, -0.1) is 11.8 Å². The van der Waals surface area contributed by atoms with Gasteiger partial charge >= 0.3 is 5.97 Å². The predicted octanol–water partition coefficient (Wildman–Crippen LogP) is 2.09. The van der Waals surface area contributed by atoms with E-state index in [-0.39, 0.29) is 23.1 Å². The number of hydrogen-bond acceptors (Lipinski definition) is 4. The summed E-state index contributed by atoms with van der Waals surface area (Å²) in [4.78, 5) is 36.6. The van der Waals surface area contributed by atoms with Crippen molar-refractivity contribution in [2.45, 2.75) is 32.2 Å². The molecule has 1 aliphatic heterocycles. The Bertz CT molecular complexity index is 653. The summed E-state index contributed by atoms with van der Waals surface area (Å²) in [5.41, 5.74) is 0.295. The van der Waals surface area contributed by atoms with E-state index < -0.39 is 24.2 Å². The lowest BCUT2D eigenvalue weighted by Crippen LogP contribution is -2.44. The summed E-state index contributed by atoms with van der Waals surface area (Å²) >= 11 is 1.50. The van der Waals surface area contributed by atoms with Gasteiger partial charge < -0.3 is 15.3 Å². The third-order valence-corrected chi connectivity index (χ3v) is 4.64. The Kier molecular flexibility index (Phi) is 6.19. The number of carboxylic acids is 1. The average Bonchev–Trinajstić information content (AvgIpc) is 2.99. The summed E-state index contributed by atoms with van der Waals surface area (Å²) in [7, 11) is 0. The molecule has 1 unspecified atom stereocenters. The van der Waals surface area contributed by atoms with Crippen molar-refractivity contribution in [2.24, 2.45) is 0 Å². The lowest BCUT2D eigenvalue weighted by Gasteiger charge is -2.23. The molecule has 1 heterocycles. The van der Waals surface area contributed by atoms with E-state index in [0.29, 0.717) is 24.5 Å². The smallest absolute Gasteiger partial charge is 0.307 e. The first-order chi connectivity index (χ1) is 11.4. The van der Waals surface area contributed by atoms with Crippen molar-refractivity contribution >= 4 is 35.2 Å². The minimum absolute atomic E-state index is 0.0525. The molecule has 2 rings (SSSR count). The van der Waals surface area contributed by atoms with Crippen LogP contribution < -0.4 is 5.32 Å². The molecule has 24 heavy (non-hydrogen) atoms. The van der Waals surface area contributed by atoms with Gasteiger partial charge in [0.25, 0.3) is 0 Å². The van der Waals surface area contributed by atoms with Gasteiger partial charge in [0.2, 0.25) is 11.8 Å². The van der Waals surface area contributed by atoms with E-state index in [9.17, 15) is 18.8 Å². The summed E-state index contributed by atoms with van der Waals surface area (Å²) in [5.74, 6) is -1.27. The van der Waals surface area contributed by atoms with E-state index in [4.69, 9.17) is 5.11 Å². The highest BCUT2D eigenvalue weighted by atomic mass is 32.2. The minimum atomic E-state index is -1.13. The van der Waals surface area contributed by atoms with Crippen molar-refractivity contribution < 1.29 is 23.9 Å². The maximum absolute atomic E-state index is 13.9. The molecule has 6 nitrogen and oxygen atoms in total. The van der Waals surface area contributed by atoms with E-state index in [1.807, 2.05) is 6.92 Å². The summed E-state index contributed by atoms with van der Waals surface area (Å²) in [5, 5.41) is 11.3. The average molecular weight is 354 g/mol. The first-order valence-electron chi connectivity index (χ1n) is 7.60. The number of anilines is 1. The van der Waals surface area contributed by atoms with Crippen LogP contribution in [0.1, 0.15) is 25.3 Å². The number of benzene rings is 1. The third kappa shape index (κ3) is 4.47. The van der Waals surface area contributed by atoms with Crippen molar-refractivity contribution in [1.82, 2.24) is 4.90 Å². The number of thioether (sulfide) groups is 1. The molecule has 1 aromatic rings. The van der Waals surface area contributed by atoms with Crippen LogP contribution in [-0.4, -0.2) is 45.5 Å². The lowest BCUT2D eigenvalue weighted by molar-refractivity contribution is -0.136. The quantitative estimate of drug-likeness (QED) is 0.817. The van der Waals surface area contributed by atoms with Gasteiger partial charge in [0.1, 0.15) is 11.9 Å². The lowest BCUT2D eigenvalue weighted by atomic mass is 10.1. The molecular weight excluding hydrogens is 335 g/mol. The van der Waals surface area contributed by atoms with Gasteiger partial charge in [-0.1, -0.05) is 13.0 Å². The Labute approximate surface area is 143 Å². The molecule has 1 aromatic carbocycles. The van der Waals surface area contributed by atoms with Crippen LogP contribution in [-0.2, 0) is 20.8 Å². The highest BCUT2D eigenvalue weighted by molar-refractivity contribution is 7.99. The summed E-state index contributed by atoms with van der Waals surface area (Å²) in [6.45, 7) is 1.90. The SMILES string of the molecule is CCCC(=O)N1CSCC1C(=O)Nc1ccc(CC(=O)O)c(F)c1. The first kappa shape index (κ1) is 18.3. The van der Waals surface area contributed by atoms with Crippen LogP contribution in [0.2, 0.25) is 0 Å². The Morgan fingerprint density at radius 3 is 2.79 bits per heavy atom. The second-order valence-corrected chi connectivity index (χ2v) is 6.49. The second kappa shape index (κ2) is 8.14. The van der Waals surface area contributed by atoms with Gasteiger partial charge in [-0.3, -0.25) is 14.4 Å². The number of carbonyl (C=O) groups excluding carboxylic acids is 2. The maximum atomic E-state index is 13.9. The van der Waals surface area contributed by atoms with Gasteiger partial charge in [-0.2, -0.15) is 0 Å². The zero-order valence-corrected chi connectivity index (χ0v) is 14.1. The number of hydrogen-bond donors (Lipinski definition) is 2. The molecule has 0 aliphatic carbocycles. The third-order valence-electron chi connectivity index (χ3n) is 3.63. The molecule has 1 aliphatic rings. The van der Waals surface area contributed by atoms with Crippen molar-refractivity contribution in [3.63, 3.8) is 0 Å². The van der Waals surface area contributed by atoms with Crippen LogP contribution in [0.25, 0.3) is 0 Å². The number of aliphatic carboxylic acids is 1. The Hall–Kier alpha value is -2.09. The van der Waals surface area contributed by atoms with Crippen molar-refractivity contribution in [3.8, 4) is 0 Å².